The van der Waals surface area contributed by atoms with E-state index in [2.05, 4.69) is 282 Å². The number of rotatable bonds is 7. The third kappa shape index (κ3) is 6.82. The van der Waals surface area contributed by atoms with Gasteiger partial charge in [0.05, 0.1) is 22.1 Å². The maximum Gasteiger partial charge on any atom is 0.120 e. The van der Waals surface area contributed by atoms with Gasteiger partial charge in [0.25, 0.3) is 0 Å². The van der Waals surface area contributed by atoms with Crippen LogP contribution in [0.3, 0.4) is 0 Å². The van der Waals surface area contributed by atoms with Crippen molar-refractivity contribution in [2.75, 3.05) is 4.90 Å². The SMILES string of the molecule is [Th].[c-]1ccc2oc3ccc(-c4ccc5c(c4)c4ccccc4n5-c4ccccc4)cc3c2c1N(c1ccc2c(c1)-c1ccccc1C21c2ccccc2-c2ccccc21)c1ccc(-c2ccccc2)cc1-c1ccccc1. The molecule has 2 aliphatic carbocycles. The summed E-state index contributed by atoms with van der Waals surface area (Å²) >= 11 is 0. The number of hydrogen-bond acceptors (Lipinski definition) is 2. The molecule has 0 bridgehead atoms. The Kier molecular flexibility index (Phi) is 10.7. The van der Waals surface area contributed by atoms with Gasteiger partial charge in [0.1, 0.15) is 5.58 Å². The molecular weight excluding hydrogens is 1150 g/mol. The number of benzene rings is 12. The molecule has 14 aromatic rings. The minimum Gasteiger partial charge on any atom is -0.483 e. The number of furan rings is 1. The third-order valence-corrected chi connectivity index (χ3v) is 16.3. The van der Waals surface area contributed by atoms with E-state index in [4.69, 9.17) is 4.42 Å². The van der Waals surface area contributed by atoms with Crippen molar-refractivity contribution in [3.05, 3.63) is 301 Å². The predicted molar refractivity (Wildman–Crippen MR) is 314 cm³/mol. The first kappa shape index (κ1) is 45.7. The molecule has 1 spiro atoms. The van der Waals surface area contributed by atoms with Crippen LogP contribution < -0.4 is 4.90 Å². The first-order chi connectivity index (χ1) is 37.7. The van der Waals surface area contributed by atoms with Crippen LogP contribution in [0, 0.1) is 46.0 Å². The van der Waals surface area contributed by atoms with Crippen LogP contribution in [-0.4, -0.2) is 4.57 Å². The summed E-state index contributed by atoms with van der Waals surface area (Å²) in [4.78, 5) is 2.44. The molecule has 0 radical (unpaired) electrons. The van der Waals surface area contributed by atoms with Gasteiger partial charge in [0, 0.05) is 73.2 Å². The number of para-hydroxylation sites is 2. The molecule has 16 rings (SSSR count). The van der Waals surface area contributed by atoms with Crippen molar-refractivity contribution in [3.8, 4) is 61.3 Å². The number of hydrogen-bond donors (Lipinski definition) is 0. The Labute approximate surface area is 478 Å². The molecular formula is C73H45N2OTh-. The number of fused-ring (bicyclic) bond motifs is 16. The van der Waals surface area contributed by atoms with Gasteiger partial charge in [-0.25, -0.2) is 0 Å². The Morgan fingerprint density at radius 3 is 1.62 bits per heavy atom. The van der Waals surface area contributed by atoms with Crippen molar-refractivity contribution >= 4 is 60.8 Å². The summed E-state index contributed by atoms with van der Waals surface area (Å²) in [5.41, 5.74) is 24.8. The van der Waals surface area contributed by atoms with Crippen LogP contribution in [0.15, 0.2) is 277 Å². The fourth-order valence-electron chi connectivity index (χ4n) is 13.1. The Bertz CT molecular complexity index is 4600. The van der Waals surface area contributed by atoms with E-state index in [1.807, 2.05) is 6.07 Å². The van der Waals surface area contributed by atoms with Crippen molar-refractivity contribution in [2.45, 2.75) is 5.41 Å². The first-order valence-corrected chi connectivity index (χ1v) is 26.2. The van der Waals surface area contributed by atoms with Gasteiger partial charge in [0.15, 0.2) is 0 Å². The second kappa shape index (κ2) is 18.0. The molecule has 2 heterocycles. The number of anilines is 3. The molecule has 0 saturated carbocycles. The topological polar surface area (TPSA) is 21.3 Å². The Morgan fingerprint density at radius 2 is 0.909 bits per heavy atom. The van der Waals surface area contributed by atoms with Gasteiger partial charge < -0.3 is 13.9 Å². The van der Waals surface area contributed by atoms with Crippen LogP contribution in [0.1, 0.15) is 22.3 Å². The van der Waals surface area contributed by atoms with Gasteiger partial charge in [0.2, 0.25) is 0 Å². The molecule has 3 nitrogen and oxygen atoms in total. The summed E-state index contributed by atoms with van der Waals surface area (Å²) in [6.07, 6.45) is 0. The van der Waals surface area contributed by atoms with E-state index < -0.39 is 5.41 Å². The van der Waals surface area contributed by atoms with Gasteiger partial charge in [-0.3, -0.25) is 0 Å². The molecule has 2 aliphatic rings. The fraction of sp³-hybridized carbons (Fsp3) is 0.0137. The predicted octanol–water partition coefficient (Wildman–Crippen LogP) is 19.3. The zero-order valence-electron chi connectivity index (χ0n) is 41.8. The average Bonchev–Trinajstić information content (AvgIpc) is 4.42. The smallest absolute Gasteiger partial charge is 0.120 e. The molecule has 0 unspecified atom stereocenters. The van der Waals surface area contributed by atoms with Gasteiger partial charge in [-0.15, -0.1) is 6.07 Å². The maximum atomic E-state index is 6.88. The van der Waals surface area contributed by atoms with Crippen molar-refractivity contribution in [1.29, 1.82) is 0 Å². The number of nitrogens with zero attached hydrogens (tertiary/aromatic N) is 2. The zero-order chi connectivity index (χ0) is 49.9. The zero-order valence-corrected chi connectivity index (χ0v) is 45.9. The standard InChI is InChI=1S/C73H45N2O.Th/c1-4-19-47(20-5-1)49-35-40-67(58(43-49)48-21-6-2-7-22-48)75(53-38-39-65-59(46-53)56-27-12-16-31-64(56)73(65)62-29-14-10-25-54(62)55-26-11-15-30-63(55)73)69-33-18-34-71-72(69)61-45-51(37-42-70(61)76-71)50-36-41-68-60(44-50)57-28-13-17-32-66(57)74(68)52-23-8-3-9-24-52;/h1-32,34-46H;/q-1;. The molecule has 4 heteroatoms. The monoisotopic (exact) mass is 1200 g/mol. The van der Waals surface area contributed by atoms with Crippen molar-refractivity contribution in [2.24, 2.45) is 0 Å². The summed E-state index contributed by atoms with van der Waals surface area (Å²) in [5.74, 6) is 0. The maximum absolute atomic E-state index is 6.88. The summed E-state index contributed by atoms with van der Waals surface area (Å²) in [6.45, 7) is 0. The Morgan fingerprint density at radius 1 is 0.364 bits per heavy atom. The van der Waals surface area contributed by atoms with E-state index in [9.17, 15) is 0 Å². The van der Waals surface area contributed by atoms with Gasteiger partial charge in [-0.2, -0.15) is 12.1 Å². The van der Waals surface area contributed by atoms with Crippen LogP contribution in [0.2, 0.25) is 0 Å². The summed E-state index contributed by atoms with van der Waals surface area (Å²) in [7, 11) is 0. The Balaban J connectivity index is 0.00000518. The Hall–Kier alpha value is -8.64. The summed E-state index contributed by atoms with van der Waals surface area (Å²) < 4.78 is 9.25. The molecule has 0 aliphatic heterocycles. The summed E-state index contributed by atoms with van der Waals surface area (Å²) in [5, 5.41) is 4.47. The van der Waals surface area contributed by atoms with E-state index in [0.717, 1.165) is 72.5 Å². The van der Waals surface area contributed by atoms with Crippen molar-refractivity contribution in [1.82, 2.24) is 4.57 Å². The number of aromatic nitrogens is 1. The molecule has 0 atom stereocenters. The van der Waals surface area contributed by atoms with E-state index in [1.54, 1.807) is 0 Å². The quantitative estimate of drug-likeness (QED) is 0.148. The fourth-order valence-corrected chi connectivity index (χ4v) is 13.1. The van der Waals surface area contributed by atoms with Gasteiger partial charge >= 0.3 is 0 Å². The van der Waals surface area contributed by atoms with E-state index in [0.29, 0.717) is 0 Å². The molecule has 0 amide bonds. The minimum atomic E-state index is -0.461. The van der Waals surface area contributed by atoms with Crippen LogP contribution in [0.5, 0.6) is 0 Å². The van der Waals surface area contributed by atoms with E-state index in [1.165, 1.54) is 71.9 Å². The normalized spacial score (nSPS) is 12.7. The van der Waals surface area contributed by atoms with Gasteiger partial charge in [-0.05, 0) is 138 Å². The molecule has 77 heavy (non-hydrogen) atoms. The molecule has 0 N–H and O–H groups in total. The molecule has 12 aromatic carbocycles. The van der Waals surface area contributed by atoms with Crippen LogP contribution in [0.25, 0.3) is 105 Å². The molecule has 2 aromatic heterocycles. The molecule has 0 fully saturated rings. The second-order valence-corrected chi connectivity index (χ2v) is 20.2. The average molecular weight is 1200 g/mol. The van der Waals surface area contributed by atoms with Crippen molar-refractivity contribution in [3.63, 3.8) is 0 Å². The molecule has 358 valence electrons. The largest absolute Gasteiger partial charge is 0.483 e. The first-order valence-electron chi connectivity index (χ1n) is 26.2. The second-order valence-electron chi connectivity index (χ2n) is 20.2. The van der Waals surface area contributed by atoms with Crippen LogP contribution in [0.4, 0.5) is 17.1 Å². The minimum absolute atomic E-state index is 0. The van der Waals surface area contributed by atoms with Crippen LogP contribution in [-0.2, 0) is 5.41 Å². The third-order valence-electron chi connectivity index (χ3n) is 16.3. The summed E-state index contributed by atoms with van der Waals surface area (Å²) in [6, 6.07) is 104. The van der Waals surface area contributed by atoms with E-state index >= 15 is 0 Å². The molecule has 0 saturated heterocycles. The van der Waals surface area contributed by atoms with Crippen LogP contribution >= 0.6 is 0 Å². The van der Waals surface area contributed by atoms with E-state index in [-0.39, 0.29) is 39.9 Å². The van der Waals surface area contributed by atoms with Gasteiger partial charge in [-0.1, -0.05) is 211 Å². The van der Waals surface area contributed by atoms with Crippen molar-refractivity contribution < 1.29 is 44.4 Å².